The lowest BCUT2D eigenvalue weighted by atomic mass is 10.0. The normalized spacial score (nSPS) is 13.2. The van der Waals surface area contributed by atoms with Gasteiger partial charge < -0.3 is 5.32 Å². The van der Waals surface area contributed by atoms with Crippen molar-refractivity contribution in [2.75, 3.05) is 6.54 Å². The van der Waals surface area contributed by atoms with Crippen LogP contribution >= 0.6 is 11.3 Å². The molecule has 1 aromatic heterocycles. The molecule has 0 saturated heterocycles. The minimum Gasteiger partial charge on any atom is -0.314 e. The molecule has 0 aromatic carbocycles. The molecule has 18 heavy (non-hydrogen) atoms. The molecule has 104 valence electrons. The van der Waals surface area contributed by atoms with E-state index in [2.05, 4.69) is 43.4 Å². The maximum Gasteiger partial charge on any atom is 0.0897 e. The monoisotopic (exact) mass is 268 g/mol. The smallest absolute Gasteiger partial charge is 0.0897 e. The maximum atomic E-state index is 4.58. The SMILES string of the molecule is CCCNC(CCCC(C)C)Cc1csc(C)n1. The van der Waals surface area contributed by atoms with Crippen LogP contribution in [0.5, 0.6) is 0 Å². The molecule has 0 radical (unpaired) electrons. The number of nitrogens with one attached hydrogen (secondary N) is 1. The number of nitrogens with zero attached hydrogens (tertiary/aromatic N) is 1. The summed E-state index contributed by atoms with van der Waals surface area (Å²) in [5.41, 5.74) is 1.26. The van der Waals surface area contributed by atoms with Gasteiger partial charge in [0.05, 0.1) is 10.7 Å². The number of rotatable bonds is 9. The van der Waals surface area contributed by atoms with Gasteiger partial charge in [-0.2, -0.15) is 0 Å². The molecule has 0 aliphatic rings. The van der Waals surface area contributed by atoms with Gasteiger partial charge in [0.2, 0.25) is 0 Å². The maximum absolute atomic E-state index is 4.58. The molecule has 1 atom stereocenters. The Morgan fingerprint density at radius 3 is 2.67 bits per heavy atom. The standard InChI is InChI=1S/C15H28N2S/c1-5-9-16-14(8-6-7-12(2)3)10-15-11-18-13(4)17-15/h11-12,14,16H,5-10H2,1-4H3. The van der Waals surface area contributed by atoms with Crippen molar-refractivity contribution in [2.24, 2.45) is 5.92 Å². The van der Waals surface area contributed by atoms with E-state index in [1.165, 1.54) is 36.4 Å². The van der Waals surface area contributed by atoms with Crippen LogP contribution in [0.2, 0.25) is 0 Å². The zero-order valence-corrected chi connectivity index (χ0v) is 13.1. The van der Waals surface area contributed by atoms with Crippen molar-refractivity contribution in [1.82, 2.24) is 10.3 Å². The fourth-order valence-corrected chi connectivity index (χ4v) is 2.78. The van der Waals surface area contributed by atoms with Crippen LogP contribution in [0.3, 0.4) is 0 Å². The Morgan fingerprint density at radius 2 is 2.11 bits per heavy atom. The molecule has 0 aliphatic heterocycles. The second kappa shape index (κ2) is 8.65. The third kappa shape index (κ3) is 6.50. The lowest BCUT2D eigenvalue weighted by Crippen LogP contribution is -2.32. The van der Waals surface area contributed by atoms with E-state index >= 15 is 0 Å². The van der Waals surface area contributed by atoms with E-state index in [-0.39, 0.29) is 0 Å². The van der Waals surface area contributed by atoms with Crippen LogP contribution in [-0.4, -0.2) is 17.6 Å². The molecular formula is C15H28N2S. The topological polar surface area (TPSA) is 24.9 Å². The van der Waals surface area contributed by atoms with Crippen molar-refractivity contribution in [3.05, 3.63) is 16.1 Å². The Labute approximate surface area is 116 Å². The van der Waals surface area contributed by atoms with Gasteiger partial charge >= 0.3 is 0 Å². The summed E-state index contributed by atoms with van der Waals surface area (Å²) in [6.07, 6.45) is 6.22. The molecule has 1 N–H and O–H groups in total. The minimum absolute atomic E-state index is 0.602. The van der Waals surface area contributed by atoms with Crippen LogP contribution in [0.4, 0.5) is 0 Å². The van der Waals surface area contributed by atoms with Crippen molar-refractivity contribution >= 4 is 11.3 Å². The van der Waals surface area contributed by atoms with E-state index in [1.807, 2.05) is 0 Å². The molecule has 0 aliphatic carbocycles. The molecule has 1 rings (SSSR count). The average Bonchev–Trinajstić information content (AvgIpc) is 2.71. The zero-order valence-electron chi connectivity index (χ0n) is 12.3. The van der Waals surface area contributed by atoms with Gasteiger partial charge in [-0.25, -0.2) is 4.98 Å². The summed E-state index contributed by atoms with van der Waals surface area (Å²) in [6.45, 7) is 10.0. The molecule has 0 amide bonds. The summed E-state index contributed by atoms with van der Waals surface area (Å²) in [5, 5.41) is 7.05. The molecule has 3 heteroatoms. The molecule has 1 unspecified atom stereocenters. The van der Waals surface area contributed by atoms with Crippen LogP contribution in [-0.2, 0) is 6.42 Å². The summed E-state index contributed by atoms with van der Waals surface area (Å²) in [6, 6.07) is 0.602. The van der Waals surface area contributed by atoms with Crippen LogP contribution in [0.25, 0.3) is 0 Å². The number of hydrogen-bond acceptors (Lipinski definition) is 3. The summed E-state index contributed by atoms with van der Waals surface area (Å²) in [7, 11) is 0. The second-order valence-corrected chi connectivity index (χ2v) is 6.60. The molecular weight excluding hydrogens is 240 g/mol. The van der Waals surface area contributed by atoms with Gasteiger partial charge in [-0.05, 0) is 32.2 Å². The second-order valence-electron chi connectivity index (χ2n) is 5.54. The Bertz CT molecular complexity index is 320. The van der Waals surface area contributed by atoms with Crippen molar-refractivity contribution < 1.29 is 0 Å². The first-order valence-corrected chi connectivity index (χ1v) is 8.14. The average molecular weight is 268 g/mol. The van der Waals surface area contributed by atoms with E-state index in [4.69, 9.17) is 0 Å². The number of hydrogen-bond donors (Lipinski definition) is 1. The first-order chi connectivity index (χ1) is 8.61. The number of thiazole rings is 1. The van der Waals surface area contributed by atoms with Crippen molar-refractivity contribution in [2.45, 2.75) is 65.8 Å². The Balaban J connectivity index is 2.39. The highest BCUT2D eigenvalue weighted by Crippen LogP contribution is 2.14. The van der Waals surface area contributed by atoms with Gasteiger partial charge in [-0.15, -0.1) is 11.3 Å². The van der Waals surface area contributed by atoms with Gasteiger partial charge in [-0.3, -0.25) is 0 Å². The lowest BCUT2D eigenvalue weighted by Gasteiger charge is -2.18. The third-order valence-corrected chi connectivity index (χ3v) is 3.96. The van der Waals surface area contributed by atoms with Crippen LogP contribution in [0.1, 0.15) is 57.2 Å². The Morgan fingerprint density at radius 1 is 1.33 bits per heavy atom. The van der Waals surface area contributed by atoms with Crippen LogP contribution in [0, 0.1) is 12.8 Å². The summed E-state index contributed by atoms with van der Waals surface area (Å²) in [5.74, 6) is 0.818. The molecule has 0 fully saturated rings. The molecule has 1 aromatic rings. The van der Waals surface area contributed by atoms with E-state index in [0.29, 0.717) is 6.04 Å². The van der Waals surface area contributed by atoms with Gasteiger partial charge in [0.25, 0.3) is 0 Å². The quantitative estimate of drug-likeness (QED) is 0.726. The van der Waals surface area contributed by atoms with Crippen molar-refractivity contribution in [3.63, 3.8) is 0 Å². The lowest BCUT2D eigenvalue weighted by molar-refractivity contribution is 0.432. The van der Waals surface area contributed by atoms with Gasteiger partial charge in [0.15, 0.2) is 0 Å². The Hall–Kier alpha value is -0.410. The first-order valence-electron chi connectivity index (χ1n) is 7.26. The first kappa shape index (κ1) is 15.6. The molecule has 0 bridgehead atoms. The Kier molecular flexibility index (Phi) is 7.52. The van der Waals surface area contributed by atoms with Crippen molar-refractivity contribution in [3.8, 4) is 0 Å². The summed E-state index contributed by atoms with van der Waals surface area (Å²) >= 11 is 1.76. The number of aryl methyl sites for hydroxylation is 1. The molecule has 0 saturated carbocycles. The summed E-state index contributed by atoms with van der Waals surface area (Å²) in [4.78, 5) is 4.58. The predicted molar refractivity (Wildman–Crippen MR) is 81.3 cm³/mol. The van der Waals surface area contributed by atoms with E-state index in [9.17, 15) is 0 Å². The molecule has 1 heterocycles. The minimum atomic E-state index is 0.602. The van der Waals surface area contributed by atoms with E-state index in [0.717, 1.165) is 18.9 Å². The zero-order chi connectivity index (χ0) is 13.4. The largest absolute Gasteiger partial charge is 0.314 e. The number of aromatic nitrogens is 1. The highest BCUT2D eigenvalue weighted by molar-refractivity contribution is 7.09. The highest BCUT2D eigenvalue weighted by atomic mass is 32.1. The highest BCUT2D eigenvalue weighted by Gasteiger charge is 2.11. The van der Waals surface area contributed by atoms with Gasteiger partial charge in [-0.1, -0.05) is 33.6 Å². The van der Waals surface area contributed by atoms with Crippen molar-refractivity contribution in [1.29, 1.82) is 0 Å². The molecule has 2 nitrogen and oxygen atoms in total. The van der Waals surface area contributed by atoms with Crippen LogP contribution < -0.4 is 5.32 Å². The van der Waals surface area contributed by atoms with E-state index in [1.54, 1.807) is 11.3 Å². The van der Waals surface area contributed by atoms with Gasteiger partial charge in [0.1, 0.15) is 0 Å². The third-order valence-electron chi connectivity index (χ3n) is 3.14. The van der Waals surface area contributed by atoms with Crippen LogP contribution in [0.15, 0.2) is 5.38 Å². The molecule has 0 spiro atoms. The van der Waals surface area contributed by atoms with Gasteiger partial charge in [0, 0.05) is 17.8 Å². The fourth-order valence-electron chi connectivity index (χ4n) is 2.15. The van der Waals surface area contributed by atoms with E-state index < -0.39 is 0 Å². The predicted octanol–water partition coefficient (Wildman–Crippen LogP) is 4.19. The summed E-state index contributed by atoms with van der Waals surface area (Å²) < 4.78 is 0. The fraction of sp³-hybridized carbons (Fsp3) is 0.800.